The molecule has 1 aliphatic rings. The van der Waals surface area contributed by atoms with Gasteiger partial charge in [-0.1, -0.05) is 11.6 Å². The Morgan fingerprint density at radius 3 is 2.69 bits per heavy atom. The maximum Gasteiger partial charge on any atom is 0.350 e. The van der Waals surface area contributed by atoms with E-state index < -0.39 is 17.1 Å². The third-order valence-electron chi connectivity index (χ3n) is 4.37. The molecule has 1 unspecified atom stereocenters. The van der Waals surface area contributed by atoms with Gasteiger partial charge in [-0.05, 0) is 25.8 Å². The van der Waals surface area contributed by atoms with Crippen molar-refractivity contribution in [2.45, 2.75) is 31.8 Å². The molecule has 1 aliphatic carbocycles. The smallest absolute Gasteiger partial charge is 0.332 e. The van der Waals surface area contributed by atoms with Gasteiger partial charge < -0.3 is 11.6 Å². The maximum absolute atomic E-state index is 14.8. The van der Waals surface area contributed by atoms with Crippen LogP contribution in [0.4, 0.5) is 4.39 Å². The minimum absolute atomic E-state index is 0.0248. The lowest BCUT2D eigenvalue weighted by atomic mass is 10.1. The number of hydrogen-bond acceptors (Lipinski definition) is 6. The van der Waals surface area contributed by atoms with Gasteiger partial charge in [-0.3, -0.25) is 9.36 Å². The largest absolute Gasteiger partial charge is 0.350 e. The van der Waals surface area contributed by atoms with E-state index >= 15 is 0 Å². The third kappa shape index (κ3) is 2.46. The van der Waals surface area contributed by atoms with E-state index in [1.807, 2.05) is 0 Å². The normalized spacial score (nSPS) is 15.5. The SMILES string of the molecule is CC(N)c1nc(-c2c(F)cc3c(=O)n(N)c(=O)n(C4CC4)c3c2Cl)cs1. The van der Waals surface area contributed by atoms with Crippen molar-refractivity contribution in [3.63, 3.8) is 0 Å². The number of rotatable bonds is 3. The van der Waals surface area contributed by atoms with E-state index in [1.54, 1.807) is 12.3 Å². The summed E-state index contributed by atoms with van der Waals surface area (Å²) < 4.78 is 16.7. The van der Waals surface area contributed by atoms with Gasteiger partial charge in [0, 0.05) is 11.4 Å². The molecule has 0 spiro atoms. The lowest BCUT2D eigenvalue weighted by Gasteiger charge is -2.14. The van der Waals surface area contributed by atoms with Crippen LogP contribution in [0.1, 0.15) is 36.9 Å². The van der Waals surface area contributed by atoms with Crippen LogP contribution < -0.4 is 22.8 Å². The first-order chi connectivity index (χ1) is 12.3. The fourth-order valence-electron chi connectivity index (χ4n) is 2.95. The predicted octanol–water partition coefficient (Wildman–Crippen LogP) is 2.15. The Balaban J connectivity index is 2.10. The summed E-state index contributed by atoms with van der Waals surface area (Å²) >= 11 is 7.78. The molecule has 7 nitrogen and oxygen atoms in total. The van der Waals surface area contributed by atoms with Crippen LogP contribution in [0.25, 0.3) is 22.2 Å². The number of benzene rings is 1. The molecule has 10 heteroatoms. The molecule has 4 rings (SSSR count). The Morgan fingerprint density at radius 2 is 2.12 bits per heavy atom. The molecule has 136 valence electrons. The van der Waals surface area contributed by atoms with Crippen molar-refractivity contribution in [3.8, 4) is 11.3 Å². The molecule has 1 atom stereocenters. The zero-order chi connectivity index (χ0) is 18.7. The topological polar surface area (TPSA) is 109 Å². The van der Waals surface area contributed by atoms with Gasteiger partial charge in [-0.15, -0.1) is 11.3 Å². The first-order valence-corrected chi connectivity index (χ1v) is 9.22. The van der Waals surface area contributed by atoms with E-state index in [2.05, 4.69) is 4.98 Å². The highest BCUT2D eigenvalue weighted by atomic mass is 35.5. The summed E-state index contributed by atoms with van der Waals surface area (Å²) in [7, 11) is 0. The first-order valence-electron chi connectivity index (χ1n) is 7.97. The number of aromatic nitrogens is 3. The monoisotopic (exact) mass is 395 g/mol. The minimum atomic E-state index is -0.788. The van der Waals surface area contributed by atoms with Gasteiger partial charge in [0.05, 0.1) is 33.2 Å². The Labute approximate surface area is 155 Å². The van der Waals surface area contributed by atoms with E-state index in [9.17, 15) is 14.0 Å². The fraction of sp³-hybridized carbons (Fsp3) is 0.312. The minimum Gasteiger partial charge on any atom is -0.332 e. The average molecular weight is 396 g/mol. The van der Waals surface area contributed by atoms with Crippen molar-refractivity contribution < 1.29 is 4.39 Å². The van der Waals surface area contributed by atoms with Crippen molar-refractivity contribution in [2.75, 3.05) is 5.84 Å². The molecule has 2 aromatic heterocycles. The van der Waals surface area contributed by atoms with Crippen LogP contribution in [0.5, 0.6) is 0 Å². The summed E-state index contributed by atoms with van der Waals surface area (Å²) in [5.74, 6) is 4.87. The maximum atomic E-state index is 14.8. The first kappa shape index (κ1) is 17.2. The number of nitrogens with two attached hydrogens (primary N) is 2. The molecule has 0 saturated heterocycles. The zero-order valence-electron chi connectivity index (χ0n) is 13.7. The third-order valence-corrected chi connectivity index (χ3v) is 5.79. The van der Waals surface area contributed by atoms with Crippen molar-refractivity contribution in [3.05, 3.63) is 48.1 Å². The van der Waals surface area contributed by atoms with Crippen LogP contribution in [0.15, 0.2) is 21.0 Å². The number of hydrogen-bond donors (Lipinski definition) is 2. The molecule has 0 aliphatic heterocycles. The molecular formula is C16H15ClFN5O2S. The lowest BCUT2D eigenvalue weighted by Crippen LogP contribution is -2.44. The van der Waals surface area contributed by atoms with E-state index in [4.69, 9.17) is 23.2 Å². The highest BCUT2D eigenvalue weighted by Crippen LogP contribution is 2.41. The molecule has 1 saturated carbocycles. The standard InChI is InChI=1S/C16H15ClFN5O2S/c1-6(19)14-21-10(5-26-14)11-9(18)4-8-13(12(11)17)22(7-2-3-7)16(25)23(20)15(8)24/h4-7H,2-3,19-20H2,1H3. The molecule has 0 amide bonds. The Kier molecular flexibility index (Phi) is 3.90. The molecule has 0 bridgehead atoms. The van der Waals surface area contributed by atoms with Crippen molar-refractivity contribution in [1.82, 2.24) is 14.2 Å². The van der Waals surface area contributed by atoms with E-state index in [0.29, 0.717) is 15.4 Å². The second kappa shape index (κ2) is 5.90. The Bertz CT molecular complexity index is 1160. The van der Waals surface area contributed by atoms with Gasteiger partial charge in [0.1, 0.15) is 10.8 Å². The van der Waals surface area contributed by atoms with E-state index in [1.165, 1.54) is 15.9 Å². The molecule has 1 aromatic carbocycles. The van der Waals surface area contributed by atoms with Crippen LogP contribution in [0.2, 0.25) is 5.02 Å². The van der Waals surface area contributed by atoms with Crippen molar-refractivity contribution in [2.24, 2.45) is 5.73 Å². The molecule has 0 radical (unpaired) electrons. The quantitative estimate of drug-likeness (QED) is 0.660. The molecule has 3 aromatic rings. The Hall–Kier alpha value is -2.23. The lowest BCUT2D eigenvalue weighted by molar-refractivity contribution is 0.628. The number of nitrogen functional groups attached to an aromatic ring is 1. The number of halogens is 2. The van der Waals surface area contributed by atoms with Gasteiger partial charge in [0.25, 0.3) is 5.56 Å². The summed E-state index contributed by atoms with van der Waals surface area (Å²) in [6.07, 6.45) is 1.53. The number of thiazole rings is 1. The second-order valence-electron chi connectivity index (χ2n) is 6.36. The zero-order valence-corrected chi connectivity index (χ0v) is 15.3. The van der Waals surface area contributed by atoms with Crippen LogP contribution in [-0.4, -0.2) is 14.2 Å². The van der Waals surface area contributed by atoms with E-state index in [-0.39, 0.29) is 33.6 Å². The molecular weight excluding hydrogens is 381 g/mol. The van der Waals surface area contributed by atoms with Gasteiger partial charge in [-0.2, -0.15) is 4.68 Å². The van der Waals surface area contributed by atoms with Crippen molar-refractivity contribution in [1.29, 1.82) is 0 Å². The van der Waals surface area contributed by atoms with Gasteiger partial charge >= 0.3 is 5.69 Å². The summed E-state index contributed by atoms with van der Waals surface area (Å²) in [6, 6.07) is 0.655. The highest BCUT2D eigenvalue weighted by Gasteiger charge is 2.31. The summed E-state index contributed by atoms with van der Waals surface area (Å²) in [4.78, 5) is 29.2. The van der Waals surface area contributed by atoms with Crippen molar-refractivity contribution >= 4 is 33.8 Å². The van der Waals surface area contributed by atoms with Crippen LogP contribution >= 0.6 is 22.9 Å². The summed E-state index contributed by atoms with van der Waals surface area (Å²) in [5, 5.41) is 2.22. The Morgan fingerprint density at radius 1 is 1.42 bits per heavy atom. The molecule has 26 heavy (non-hydrogen) atoms. The van der Waals surface area contributed by atoms with Crippen LogP contribution in [0, 0.1) is 5.82 Å². The van der Waals surface area contributed by atoms with Gasteiger partial charge in [0.15, 0.2) is 0 Å². The highest BCUT2D eigenvalue weighted by molar-refractivity contribution is 7.10. The molecule has 2 heterocycles. The number of fused-ring (bicyclic) bond motifs is 1. The van der Waals surface area contributed by atoms with Gasteiger partial charge in [-0.25, -0.2) is 14.2 Å². The molecule has 4 N–H and O–H groups in total. The average Bonchev–Trinajstić information content (AvgIpc) is 3.30. The van der Waals surface area contributed by atoms with E-state index in [0.717, 1.165) is 18.9 Å². The fourth-order valence-corrected chi connectivity index (χ4v) is 4.10. The summed E-state index contributed by atoms with van der Waals surface area (Å²) in [5.41, 5.74) is 4.92. The van der Waals surface area contributed by atoms with Gasteiger partial charge in [0.2, 0.25) is 0 Å². The second-order valence-corrected chi connectivity index (χ2v) is 7.63. The number of nitrogens with zero attached hydrogens (tertiary/aromatic N) is 3. The van der Waals surface area contributed by atoms with Crippen LogP contribution in [0.3, 0.4) is 0 Å². The summed E-state index contributed by atoms with van der Waals surface area (Å²) in [6.45, 7) is 1.77. The molecule has 1 fully saturated rings. The predicted molar refractivity (Wildman–Crippen MR) is 99.6 cm³/mol. The van der Waals surface area contributed by atoms with Crippen LogP contribution in [-0.2, 0) is 0 Å².